The van der Waals surface area contributed by atoms with Crippen LogP contribution in [0.3, 0.4) is 0 Å². The van der Waals surface area contributed by atoms with E-state index in [2.05, 4.69) is 27.5 Å². The zero-order valence-corrected chi connectivity index (χ0v) is 15.7. The lowest BCUT2D eigenvalue weighted by molar-refractivity contribution is -0.0288. The van der Waals surface area contributed by atoms with Crippen LogP contribution in [0.2, 0.25) is 0 Å². The molecule has 0 spiro atoms. The van der Waals surface area contributed by atoms with Gasteiger partial charge in [0, 0.05) is 18.2 Å². The smallest absolute Gasteiger partial charge is 0.167 e. The predicted molar refractivity (Wildman–Crippen MR) is 101 cm³/mol. The van der Waals surface area contributed by atoms with E-state index in [1.165, 1.54) is 6.33 Å². The van der Waals surface area contributed by atoms with Gasteiger partial charge in [-0.3, -0.25) is 4.57 Å². The molecule has 0 saturated carbocycles. The zero-order chi connectivity index (χ0) is 18.7. The van der Waals surface area contributed by atoms with Gasteiger partial charge >= 0.3 is 0 Å². The molecule has 10 heteroatoms. The molecule has 4 aliphatic heterocycles. The van der Waals surface area contributed by atoms with Crippen molar-refractivity contribution in [2.75, 3.05) is 31.1 Å². The van der Waals surface area contributed by atoms with E-state index in [9.17, 15) is 10.2 Å². The maximum absolute atomic E-state index is 10.4. The van der Waals surface area contributed by atoms with Crippen LogP contribution in [-0.4, -0.2) is 78.3 Å². The van der Waals surface area contributed by atoms with Crippen molar-refractivity contribution in [3.63, 3.8) is 0 Å². The first-order chi connectivity index (χ1) is 13.1. The topological polar surface area (TPSA) is 123 Å². The van der Waals surface area contributed by atoms with Crippen LogP contribution in [0.5, 0.6) is 0 Å². The molecule has 4 fully saturated rings. The number of fused-ring (bicyclic) bond motifs is 4. The van der Waals surface area contributed by atoms with Crippen molar-refractivity contribution in [2.24, 2.45) is 5.92 Å². The quantitative estimate of drug-likeness (QED) is 0.528. The second-order valence-electron chi connectivity index (χ2n) is 7.76. The van der Waals surface area contributed by atoms with Gasteiger partial charge in [-0.1, -0.05) is 0 Å². The minimum Gasteiger partial charge on any atom is -0.387 e. The molecule has 0 aromatic carbocycles. The van der Waals surface area contributed by atoms with E-state index < -0.39 is 24.5 Å². The first-order valence-electron chi connectivity index (χ1n) is 9.41. The van der Waals surface area contributed by atoms with Crippen molar-refractivity contribution in [1.82, 2.24) is 24.4 Å². The number of hydrogen-bond acceptors (Lipinski definition) is 9. The fourth-order valence-corrected chi connectivity index (χ4v) is 4.98. The summed E-state index contributed by atoms with van der Waals surface area (Å²) in [5.74, 6) is 2.21. The minimum absolute atomic E-state index is 0.257. The van der Waals surface area contributed by atoms with Gasteiger partial charge in [-0.25, -0.2) is 15.0 Å². The molecule has 2 aromatic rings. The zero-order valence-electron chi connectivity index (χ0n) is 14.8. The number of aliphatic hydroxyl groups excluding tert-OH is 2. The van der Waals surface area contributed by atoms with Crippen molar-refractivity contribution >= 4 is 29.6 Å². The summed E-state index contributed by atoms with van der Waals surface area (Å²) >= 11 is 4.18. The lowest BCUT2D eigenvalue weighted by atomic mass is 9.78. The van der Waals surface area contributed by atoms with E-state index in [0.717, 1.165) is 38.3 Å². The summed E-state index contributed by atoms with van der Waals surface area (Å²) in [7, 11) is 0. The third-order valence-electron chi connectivity index (χ3n) is 6.24. The van der Waals surface area contributed by atoms with Crippen LogP contribution in [0.25, 0.3) is 11.2 Å². The fraction of sp³-hybridized carbons (Fsp3) is 0.706. The van der Waals surface area contributed by atoms with Crippen molar-refractivity contribution in [1.29, 1.82) is 0 Å². The summed E-state index contributed by atoms with van der Waals surface area (Å²) in [4.78, 5) is 16.1. The Bertz CT molecular complexity index is 855. The number of hydrogen-bond donors (Lipinski definition) is 4. The average molecular weight is 392 g/mol. The molecule has 2 aromatic heterocycles. The second-order valence-corrected chi connectivity index (χ2v) is 8.13. The number of rotatable bonds is 3. The van der Waals surface area contributed by atoms with E-state index in [4.69, 9.17) is 15.5 Å². The predicted octanol–water partition coefficient (Wildman–Crippen LogP) is -0.233. The summed E-state index contributed by atoms with van der Waals surface area (Å²) in [6, 6.07) is 0. The van der Waals surface area contributed by atoms with Gasteiger partial charge in [-0.15, -0.1) is 0 Å². The Balaban J connectivity index is 1.54. The van der Waals surface area contributed by atoms with E-state index in [1.54, 1.807) is 4.57 Å². The highest BCUT2D eigenvalue weighted by atomic mass is 32.1. The number of anilines is 1. The minimum atomic E-state index is -1.09. The van der Waals surface area contributed by atoms with Gasteiger partial charge in [0.1, 0.15) is 23.5 Å². The molecule has 4 N–H and O–H groups in total. The number of nitrogens with two attached hydrogens (primary N) is 1. The first kappa shape index (κ1) is 17.6. The number of imidazole rings is 1. The molecule has 4 aliphatic rings. The number of ether oxygens (including phenoxy) is 1. The number of piperidine rings is 3. The van der Waals surface area contributed by atoms with Gasteiger partial charge in [0.15, 0.2) is 17.7 Å². The van der Waals surface area contributed by atoms with Crippen molar-refractivity contribution in [3.8, 4) is 0 Å². The molecule has 1 unspecified atom stereocenters. The maximum atomic E-state index is 10.4. The van der Waals surface area contributed by atoms with E-state index >= 15 is 0 Å². The average Bonchev–Trinajstić information content (AvgIpc) is 3.24. The molecule has 2 bridgehead atoms. The van der Waals surface area contributed by atoms with Gasteiger partial charge in [0.25, 0.3) is 0 Å². The normalized spacial score (nSPS) is 38.7. The summed E-state index contributed by atoms with van der Waals surface area (Å²) in [5, 5.41) is 20.6. The van der Waals surface area contributed by atoms with Crippen LogP contribution in [0.1, 0.15) is 30.8 Å². The Morgan fingerprint density at radius 3 is 2.63 bits per heavy atom. The molecule has 4 saturated heterocycles. The van der Waals surface area contributed by atoms with Crippen molar-refractivity contribution < 1.29 is 14.9 Å². The van der Waals surface area contributed by atoms with E-state index in [0.29, 0.717) is 28.7 Å². The Hall–Kier alpha value is -1.46. The van der Waals surface area contributed by atoms with Crippen molar-refractivity contribution in [2.45, 2.75) is 43.3 Å². The van der Waals surface area contributed by atoms with Crippen molar-refractivity contribution in [3.05, 3.63) is 12.2 Å². The molecule has 0 radical (unpaired) electrons. The third kappa shape index (κ3) is 2.73. The summed E-state index contributed by atoms with van der Waals surface area (Å²) < 4.78 is 7.45. The largest absolute Gasteiger partial charge is 0.387 e. The lowest BCUT2D eigenvalue weighted by Crippen LogP contribution is -2.46. The Labute approximate surface area is 162 Å². The fourth-order valence-electron chi connectivity index (χ4n) is 4.68. The van der Waals surface area contributed by atoms with Crippen LogP contribution in [0, 0.1) is 5.92 Å². The van der Waals surface area contributed by atoms with Gasteiger partial charge in [-0.2, -0.15) is 12.6 Å². The van der Waals surface area contributed by atoms with Crippen LogP contribution >= 0.6 is 12.6 Å². The molecule has 9 nitrogen and oxygen atoms in total. The molecule has 146 valence electrons. The highest BCUT2D eigenvalue weighted by molar-refractivity contribution is 7.80. The lowest BCUT2D eigenvalue weighted by Gasteiger charge is -2.44. The Kier molecular flexibility index (Phi) is 4.28. The molecule has 6 rings (SSSR count). The summed E-state index contributed by atoms with van der Waals surface area (Å²) in [5.41, 5.74) is 7.20. The summed E-state index contributed by atoms with van der Waals surface area (Å²) in [6.45, 7) is 3.23. The SMILES string of the molecule is Nc1nc(C2CN3CCC2CC3)nc2c1ncn2[C@@H]1O[C@H](CS)[C@@H](O)[C@H]1O. The Morgan fingerprint density at radius 2 is 2.00 bits per heavy atom. The number of thiol groups is 1. The molecule has 0 amide bonds. The van der Waals surface area contributed by atoms with Gasteiger partial charge in [0.05, 0.1) is 12.4 Å². The monoisotopic (exact) mass is 392 g/mol. The van der Waals surface area contributed by atoms with Crippen LogP contribution in [0.4, 0.5) is 5.82 Å². The maximum Gasteiger partial charge on any atom is 0.167 e. The molecule has 0 aliphatic carbocycles. The highest BCUT2D eigenvalue weighted by Crippen LogP contribution is 2.39. The standard InChI is InChI=1S/C17H24N6O3S/c18-14-11-16(21-15(20-14)9-5-22-3-1-8(9)2-4-22)23(7-19-11)17-13(25)12(24)10(6-27)26-17/h7-10,12-13,17,24-25,27H,1-6H2,(H2,18,20,21)/t9?,10-,12-,13-,17-/m1/s1. The van der Waals surface area contributed by atoms with Gasteiger partial charge in [0.2, 0.25) is 0 Å². The van der Waals surface area contributed by atoms with Crippen LogP contribution in [0.15, 0.2) is 6.33 Å². The molecule has 5 atom stereocenters. The second kappa shape index (κ2) is 6.56. The number of nitrogens with zero attached hydrogens (tertiary/aromatic N) is 5. The molecule has 27 heavy (non-hydrogen) atoms. The first-order valence-corrected chi connectivity index (χ1v) is 10.0. The molecule has 6 heterocycles. The third-order valence-corrected chi connectivity index (χ3v) is 6.60. The van der Waals surface area contributed by atoms with Crippen LogP contribution < -0.4 is 5.73 Å². The Morgan fingerprint density at radius 1 is 1.22 bits per heavy atom. The highest BCUT2D eigenvalue weighted by Gasteiger charge is 2.44. The summed E-state index contributed by atoms with van der Waals surface area (Å²) in [6.07, 6.45) is 0.428. The van der Waals surface area contributed by atoms with Gasteiger partial charge < -0.3 is 25.6 Å². The number of nitrogen functional groups attached to an aromatic ring is 1. The van der Waals surface area contributed by atoms with Gasteiger partial charge in [-0.05, 0) is 31.8 Å². The molecular weight excluding hydrogens is 368 g/mol. The van der Waals surface area contributed by atoms with E-state index in [1.807, 2.05) is 0 Å². The molecular formula is C17H24N6O3S. The number of aliphatic hydroxyl groups is 2. The van der Waals surface area contributed by atoms with E-state index in [-0.39, 0.29) is 5.92 Å². The number of aromatic nitrogens is 4. The van der Waals surface area contributed by atoms with Crippen LogP contribution in [-0.2, 0) is 4.74 Å².